The van der Waals surface area contributed by atoms with Crippen LogP contribution >= 0.6 is 11.8 Å². The van der Waals surface area contributed by atoms with Crippen LogP contribution in [-0.2, 0) is 9.53 Å². The molecule has 24 heavy (non-hydrogen) atoms. The van der Waals surface area contributed by atoms with Crippen molar-refractivity contribution in [3.8, 4) is 5.75 Å². The highest BCUT2D eigenvalue weighted by molar-refractivity contribution is 7.98. The quantitative estimate of drug-likeness (QED) is 0.410. The summed E-state index contributed by atoms with van der Waals surface area (Å²) in [6.07, 6.45) is 2.28. The number of amides is 1. The maximum absolute atomic E-state index is 12.3. The molecule has 1 rings (SSSR count). The van der Waals surface area contributed by atoms with Crippen molar-refractivity contribution in [3.63, 3.8) is 0 Å². The molecule has 0 radical (unpaired) electrons. The highest BCUT2D eigenvalue weighted by Crippen LogP contribution is 2.28. The van der Waals surface area contributed by atoms with E-state index in [1.165, 1.54) is 31.0 Å². The number of nitro groups is 1. The number of benzene rings is 1. The number of carbonyl (C=O) groups is 2. The number of carbonyl (C=O) groups excluding carboxylic acids is 2. The van der Waals surface area contributed by atoms with E-state index in [0.29, 0.717) is 12.2 Å². The van der Waals surface area contributed by atoms with Gasteiger partial charge in [-0.05, 0) is 37.5 Å². The first-order valence-corrected chi connectivity index (χ1v) is 8.62. The van der Waals surface area contributed by atoms with Gasteiger partial charge in [0.05, 0.1) is 18.6 Å². The number of hydrogen-bond donors (Lipinski definition) is 1. The van der Waals surface area contributed by atoms with Crippen LogP contribution in [0.1, 0.15) is 23.7 Å². The van der Waals surface area contributed by atoms with Crippen molar-refractivity contribution < 1.29 is 24.0 Å². The Bertz CT molecular complexity index is 608. The number of hydrogen-bond acceptors (Lipinski definition) is 7. The van der Waals surface area contributed by atoms with E-state index in [9.17, 15) is 19.7 Å². The van der Waals surface area contributed by atoms with Crippen molar-refractivity contribution in [2.45, 2.75) is 19.4 Å². The summed E-state index contributed by atoms with van der Waals surface area (Å²) in [6.45, 7) is 1.97. The van der Waals surface area contributed by atoms with Crippen molar-refractivity contribution in [3.05, 3.63) is 33.9 Å². The normalized spacial score (nSPS) is 11.5. The second-order valence-electron chi connectivity index (χ2n) is 4.70. The summed E-state index contributed by atoms with van der Waals surface area (Å²) in [7, 11) is 1.24. The van der Waals surface area contributed by atoms with Crippen LogP contribution in [0.15, 0.2) is 18.2 Å². The summed E-state index contributed by atoms with van der Waals surface area (Å²) in [5, 5.41) is 13.7. The molecule has 1 aromatic carbocycles. The fourth-order valence-electron chi connectivity index (χ4n) is 1.95. The second-order valence-corrected chi connectivity index (χ2v) is 5.69. The van der Waals surface area contributed by atoms with Crippen LogP contribution in [-0.4, -0.2) is 48.6 Å². The SMILES string of the molecule is CCOc1ccc(C(=O)N[C@@H](CCSC)C(=O)OC)cc1[N+](=O)[O-]. The number of nitrogens with one attached hydrogen (secondary N) is 1. The Morgan fingerprint density at radius 2 is 2.12 bits per heavy atom. The van der Waals surface area contributed by atoms with E-state index in [1.807, 2.05) is 6.26 Å². The van der Waals surface area contributed by atoms with Gasteiger partial charge in [-0.2, -0.15) is 11.8 Å². The Labute approximate surface area is 144 Å². The first kappa shape index (κ1) is 19.8. The van der Waals surface area contributed by atoms with Gasteiger partial charge in [0.25, 0.3) is 5.91 Å². The van der Waals surface area contributed by atoms with Crippen molar-refractivity contribution in [2.24, 2.45) is 0 Å². The molecule has 0 saturated heterocycles. The fraction of sp³-hybridized carbons (Fsp3) is 0.467. The van der Waals surface area contributed by atoms with Gasteiger partial charge in [0, 0.05) is 11.6 Å². The third-order valence-corrected chi connectivity index (χ3v) is 3.76. The minimum Gasteiger partial charge on any atom is -0.487 e. The molecule has 0 heterocycles. The molecule has 0 fully saturated rings. The summed E-state index contributed by atoms with van der Waals surface area (Å²) in [4.78, 5) is 34.5. The summed E-state index contributed by atoms with van der Waals surface area (Å²) in [5.74, 6) is -0.398. The van der Waals surface area contributed by atoms with Crippen LogP contribution in [0.3, 0.4) is 0 Å². The fourth-order valence-corrected chi connectivity index (χ4v) is 2.42. The van der Waals surface area contributed by atoms with Crippen LogP contribution in [0.5, 0.6) is 5.75 Å². The molecule has 1 aromatic rings. The highest BCUT2D eigenvalue weighted by Gasteiger charge is 2.24. The van der Waals surface area contributed by atoms with Crippen molar-refractivity contribution >= 4 is 29.3 Å². The zero-order valence-corrected chi connectivity index (χ0v) is 14.6. The standard InChI is InChI=1S/C15H20N2O6S/c1-4-23-13-6-5-10(9-12(13)17(20)21)14(18)16-11(7-8-24-3)15(19)22-2/h5-6,9,11H,4,7-8H2,1-3H3,(H,16,18)/t11-/m0/s1. The molecule has 0 aliphatic heterocycles. The molecule has 0 aromatic heterocycles. The molecule has 0 aliphatic rings. The van der Waals surface area contributed by atoms with Gasteiger partial charge in [0.15, 0.2) is 5.75 Å². The molecule has 0 bridgehead atoms. The molecule has 1 amide bonds. The zero-order valence-electron chi connectivity index (χ0n) is 13.7. The maximum Gasteiger partial charge on any atom is 0.328 e. The van der Waals surface area contributed by atoms with Crippen LogP contribution in [0, 0.1) is 10.1 Å². The summed E-state index contributed by atoms with van der Waals surface area (Å²) in [6, 6.07) is 3.10. The largest absolute Gasteiger partial charge is 0.487 e. The second kappa shape index (κ2) is 9.76. The zero-order chi connectivity index (χ0) is 18.1. The number of methoxy groups -OCH3 is 1. The van der Waals surface area contributed by atoms with E-state index >= 15 is 0 Å². The van der Waals surface area contributed by atoms with Crippen LogP contribution in [0.25, 0.3) is 0 Å². The van der Waals surface area contributed by atoms with E-state index in [1.54, 1.807) is 6.92 Å². The van der Waals surface area contributed by atoms with E-state index in [4.69, 9.17) is 4.74 Å². The molecular formula is C15H20N2O6S. The molecule has 9 heteroatoms. The molecule has 0 saturated carbocycles. The van der Waals surface area contributed by atoms with Crippen molar-refractivity contribution in [2.75, 3.05) is 25.7 Å². The van der Waals surface area contributed by atoms with Gasteiger partial charge in [-0.15, -0.1) is 0 Å². The first-order chi connectivity index (χ1) is 11.4. The molecular weight excluding hydrogens is 336 g/mol. The minimum absolute atomic E-state index is 0.0724. The Morgan fingerprint density at radius 3 is 2.67 bits per heavy atom. The average Bonchev–Trinajstić information content (AvgIpc) is 2.58. The summed E-state index contributed by atoms with van der Waals surface area (Å²) < 4.78 is 9.84. The van der Waals surface area contributed by atoms with E-state index in [0.717, 1.165) is 6.07 Å². The molecule has 1 atom stereocenters. The molecule has 1 N–H and O–H groups in total. The predicted molar refractivity (Wildman–Crippen MR) is 90.5 cm³/mol. The highest BCUT2D eigenvalue weighted by atomic mass is 32.2. The lowest BCUT2D eigenvalue weighted by Gasteiger charge is -2.16. The van der Waals surface area contributed by atoms with Gasteiger partial charge in [-0.1, -0.05) is 0 Å². The van der Waals surface area contributed by atoms with Crippen molar-refractivity contribution in [1.82, 2.24) is 5.32 Å². The average molecular weight is 356 g/mol. The Hall–Kier alpha value is -2.29. The molecule has 132 valence electrons. The lowest BCUT2D eigenvalue weighted by Crippen LogP contribution is -2.41. The molecule has 0 spiro atoms. The number of nitrogens with zero attached hydrogens (tertiary/aromatic N) is 1. The third kappa shape index (κ3) is 5.41. The molecule has 0 aliphatic carbocycles. The molecule has 8 nitrogen and oxygen atoms in total. The number of esters is 1. The lowest BCUT2D eigenvalue weighted by atomic mass is 10.1. The Morgan fingerprint density at radius 1 is 1.42 bits per heavy atom. The van der Waals surface area contributed by atoms with Gasteiger partial charge >= 0.3 is 11.7 Å². The number of thioether (sulfide) groups is 1. The van der Waals surface area contributed by atoms with Gasteiger partial charge in [0.1, 0.15) is 6.04 Å². The van der Waals surface area contributed by atoms with Gasteiger partial charge in [0.2, 0.25) is 0 Å². The summed E-state index contributed by atoms with van der Waals surface area (Å²) in [5.41, 5.74) is -0.230. The number of ether oxygens (including phenoxy) is 2. The van der Waals surface area contributed by atoms with Crippen LogP contribution in [0.2, 0.25) is 0 Å². The first-order valence-electron chi connectivity index (χ1n) is 7.23. The van der Waals surface area contributed by atoms with E-state index < -0.39 is 22.8 Å². The van der Waals surface area contributed by atoms with E-state index in [2.05, 4.69) is 10.1 Å². The van der Waals surface area contributed by atoms with Gasteiger partial charge < -0.3 is 14.8 Å². The Balaban J connectivity index is 2.98. The smallest absolute Gasteiger partial charge is 0.328 e. The summed E-state index contributed by atoms with van der Waals surface area (Å²) >= 11 is 1.53. The van der Waals surface area contributed by atoms with E-state index in [-0.39, 0.29) is 23.6 Å². The number of rotatable bonds is 9. The third-order valence-electron chi connectivity index (χ3n) is 3.12. The van der Waals surface area contributed by atoms with Gasteiger partial charge in [-0.25, -0.2) is 4.79 Å². The maximum atomic E-state index is 12.3. The Kier molecular flexibility index (Phi) is 8.03. The topological polar surface area (TPSA) is 108 Å². The van der Waals surface area contributed by atoms with Gasteiger partial charge in [-0.3, -0.25) is 14.9 Å². The lowest BCUT2D eigenvalue weighted by molar-refractivity contribution is -0.385. The number of nitro benzene ring substituents is 1. The minimum atomic E-state index is -0.805. The van der Waals surface area contributed by atoms with Crippen molar-refractivity contribution in [1.29, 1.82) is 0 Å². The predicted octanol–water partition coefficient (Wildman–Crippen LogP) is 2.02. The monoisotopic (exact) mass is 356 g/mol. The van der Waals surface area contributed by atoms with Crippen LogP contribution in [0.4, 0.5) is 5.69 Å². The molecule has 0 unspecified atom stereocenters. The van der Waals surface area contributed by atoms with Crippen LogP contribution < -0.4 is 10.1 Å².